The predicted molar refractivity (Wildman–Crippen MR) is 57.3 cm³/mol. The van der Waals surface area contributed by atoms with E-state index in [9.17, 15) is 13.2 Å². The highest BCUT2D eigenvalue weighted by atomic mass is 19.4. The fourth-order valence-corrected chi connectivity index (χ4v) is 1.50. The summed E-state index contributed by atoms with van der Waals surface area (Å²) in [5.74, 6) is 0. The van der Waals surface area contributed by atoms with Crippen LogP contribution in [0.5, 0.6) is 0 Å². The van der Waals surface area contributed by atoms with Crippen LogP contribution in [0, 0.1) is 0 Å². The zero-order valence-electron chi connectivity index (χ0n) is 9.89. The molecule has 0 rings (SSSR count). The molecule has 1 unspecified atom stereocenters. The first-order chi connectivity index (χ1) is 7.39. The van der Waals surface area contributed by atoms with Crippen molar-refractivity contribution in [3.05, 3.63) is 0 Å². The van der Waals surface area contributed by atoms with E-state index in [0.29, 0.717) is 26.0 Å². The molecule has 1 atom stereocenters. The molecule has 0 bridgehead atoms. The van der Waals surface area contributed by atoms with E-state index < -0.39 is 12.7 Å². The van der Waals surface area contributed by atoms with Crippen LogP contribution in [0.15, 0.2) is 0 Å². The zero-order valence-corrected chi connectivity index (χ0v) is 9.89. The van der Waals surface area contributed by atoms with Crippen molar-refractivity contribution < 1.29 is 17.9 Å². The van der Waals surface area contributed by atoms with Gasteiger partial charge in [-0.3, -0.25) is 4.90 Å². The van der Waals surface area contributed by atoms with Crippen molar-refractivity contribution in [2.75, 3.05) is 33.4 Å². The van der Waals surface area contributed by atoms with Crippen LogP contribution in [0.4, 0.5) is 13.2 Å². The van der Waals surface area contributed by atoms with Gasteiger partial charge in [0.2, 0.25) is 0 Å². The fraction of sp³-hybridized carbons (Fsp3) is 1.00. The molecule has 3 nitrogen and oxygen atoms in total. The summed E-state index contributed by atoms with van der Waals surface area (Å²) in [5, 5.41) is 0. The average molecular weight is 242 g/mol. The van der Waals surface area contributed by atoms with Gasteiger partial charge in [0.05, 0.1) is 6.54 Å². The highest BCUT2D eigenvalue weighted by Crippen LogP contribution is 2.16. The number of nitrogens with two attached hydrogens (primary N) is 1. The lowest BCUT2D eigenvalue weighted by molar-refractivity contribution is -0.146. The second-order valence-corrected chi connectivity index (χ2v) is 3.89. The van der Waals surface area contributed by atoms with Crippen LogP contribution < -0.4 is 5.73 Å². The molecule has 16 heavy (non-hydrogen) atoms. The van der Waals surface area contributed by atoms with E-state index in [2.05, 4.69) is 0 Å². The molecule has 0 aliphatic rings. The van der Waals surface area contributed by atoms with Gasteiger partial charge in [-0.25, -0.2) is 0 Å². The number of hydrogen-bond acceptors (Lipinski definition) is 3. The molecule has 0 aliphatic heterocycles. The van der Waals surface area contributed by atoms with Crippen LogP contribution in [0.25, 0.3) is 0 Å². The minimum absolute atomic E-state index is 0.261. The Labute approximate surface area is 94.7 Å². The molecule has 0 amide bonds. The Morgan fingerprint density at radius 2 is 2.00 bits per heavy atom. The van der Waals surface area contributed by atoms with E-state index >= 15 is 0 Å². The van der Waals surface area contributed by atoms with E-state index in [1.165, 1.54) is 4.90 Å². The molecule has 0 radical (unpaired) electrons. The second kappa shape index (κ2) is 7.86. The molecule has 0 aliphatic carbocycles. The van der Waals surface area contributed by atoms with Gasteiger partial charge in [-0.05, 0) is 19.4 Å². The quantitative estimate of drug-likeness (QED) is 0.703. The SMILES string of the molecule is CCCN(CC(N)CCOC)CC(F)(F)F. The molecule has 0 aromatic carbocycles. The molecular formula is C10H21F3N2O. The summed E-state index contributed by atoms with van der Waals surface area (Å²) in [6, 6.07) is -0.270. The van der Waals surface area contributed by atoms with E-state index in [4.69, 9.17) is 10.5 Å². The molecule has 2 N–H and O–H groups in total. The lowest BCUT2D eigenvalue weighted by atomic mass is 10.2. The monoisotopic (exact) mass is 242 g/mol. The summed E-state index contributed by atoms with van der Waals surface area (Å²) in [6.45, 7) is 2.12. The summed E-state index contributed by atoms with van der Waals surface area (Å²) >= 11 is 0. The third-order valence-corrected chi connectivity index (χ3v) is 2.13. The topological polar surface area (TPSA) is 38.5 Å². The minimum Gasteiger partial charge on any atom is -0.385 e. The third-order valence-electron chi connectivity index (χ3n) is 2.13. The summed E-state index contributed by atoms with van der Waals surface area (Å²) in [4.78, 5) is 1.35. The summed E-state index contributed by atoms with van der Waals surface area (Å²) in [6.07, 6.45) is -2.89. The first kappa shape index (κ1) is 15.7. The van der Waals surface area contributed by atoms with Gasteiger partial charge < -0.3 is 10.5 Å². The van der Waals surface area contributed by atoms with Crippen molar-refractivity contribution in [3.8, 4) is 0 Å². The lowest BCUT2D eigenvalue weighted by Crippen LogP contribution is -2.43. The molecule has 0 spiro atoms. The maximum absolute atomic E-state index is 12.2. The van der Waals surface area contributed by atoms with Gasteiger partial charge in [-0.2, -0.15) is 13.2 Å². The number of methoxy groups -OCH3 is 1. The molecule has 6 heteroatoms. The summed E-state index contributed by atoms with van der Waals surface area (Å²) in [7, 11) is 1.55. The highest BCUT2D eigenvalue weighted by Gasteiger charge is 2.30. The van der Waals surface area contributed by atoms with Crippen LogP contribution in [0.2, 0.25) is 0 Å². The third kappa shape index (κ3) is 8.94. The van der Waals surface area contributed by atoms with Crippen LogP contribution in [0.3, 0.4) is 0 Å². The minimum atomic E-state index is -4.16. The Kier molecular flexibility index (Phi) is 7.70. The van der Waals surface area contributed by atoms with Gasteiger partial charge >= 0.3 is 6.18 Å². The molecular weight excluding hydrogens is 221 g/mol. The number of hydrogen-bond donors (Lipinski definition) is 1. The van der Waals surface area contributed by atoms with Crippen LogP contribution in [-0.2, 0) is 4.74 Å². The van der Waals surface area contributed by atoms with Gasteiger partial charge in [-0.15, -0.1) is 0 Å². The predicted octanol–water partition coefficient (Wildman–Crippen LogP) is 1.62. The van der Waals surface area contributed by atoms with Gasteiger partial charge in [0, 0.05) is 26.3 Å². The van der Waals surface area contributed by atoms with Crippen molar-refractivity contribution >= 4 is 0 Å². The zero-order chi connectivity index (χ0) is 12.6. The van der Waals surface area contributed by atoms with Gasteiger partial charge in [0.1, 0.15) is 0 Å². The number of rotatable bonds is 8. The smallest absolute Gasteiger partial charge is 0.385 e. The maximum atomic E-state index is 12.2. The molecule has 98 valence electrons. The molecule has 0 fully saturated rings. The molecule has 0 saturated heterocycles. The van der Waals surface area contributed by atoms with Crippen LogP contribution in [-0.4, -0.2) is 50.5 Å². The fourth-order valence-electron chi connectivity index (χ4n) is 1.50. The van der Waals surface area contributed by atoms with Crippen molar-refractivity contribution in [2.24, 2.45) is 5.73 Å². The van der Waals surface area contributed by atoms with Crippen LogP contribution in [0.1, 0.15) is 19.8 Å². The van der Waals surface area contributed by atoms with Crippen molar-refractivity contribution in [1.82, 2.24) is 4.90 Å². The summed E-state index contributed by atoms with van der Waals surface area (Å²) in [5.41, 5.74) is 5.72. The van der Waals surface area contributed by atoms with E-state index in [1.807, 2.05) is 6.92 Å². The van der Waals surface area contributed by atoms with Crippen LogP contribution >= 0.6 is 0 Å². The van der Waals surface area contributed by atoms with Crippen molar-refractivity contribution in [1.29, 1.82) is 0 Å². The Morgan fingerprint density at radius 1 is 1.38 bits per heavy atom. The summed E-state index contributed by atoms with van der Waals surface area (Å²) < 4.78 is 41.5. The Hall–Kier alpha value is -0.330. The van der Waals surface area contributed by atoms with Gasteiger partial charge in [0.15, 0.2) is 0 Å². The Balaban J connectivity index is 4.01. The molecule has 0 heterocycles. The molecule has 0 aromatic heterocycles. The second-order valence-electron chi connectivity index (χ2n) is 3.89. The number of nitrogens with zero attached hydrogens (tertiary/aromatic N) is 1. The average Bonchev–Trinajstić information content (AvgIpc) is 2.12. The maximum Gasteiger partial charge on any atom is 0.401 e. The van der Waals surface area contributed by atoms with Gasteiger partial charge in [-0.1, -0.05) is 6.92 Å². The van der Waals surface area contributed by atoms with E-state index in [1.54, 1.807) is 7.11 Å². The first-order valence-corrected chi connectivity index (χ1v) is 5.42. The number of ether oxygens (including phenoxy) is 1. The lowest BCUT2D eigenvalue weighted by Gasteiger charge is -2.26. The Bertz CT molecular complexity index is 176. The number of alkyl halides is 3. The molecule has 0 aromatic rings. The first-order valence-electron chi connectivity index (χ1n) is 5.42. The largest absolute Gasteiger partial charge is 0.401 e. The van der Waals surface area contributed by atoms with E-state index in [-0.39, 0.29) is 12.6 Å². The van der Waals surface area contributed by atoms with Crippen molar-refractivity contribution in [3.63, 3.8) is 0 Å². The Morgan fingerprint density at radius 3 is 2.44 bits per heavy atom. The van der Waals surface area contributed by atoms with Gasteiger partial charge in [0.25, 0.3) is 0 Å². The van der Waals surface area contributed by atoms with Crippen molar-refractivity contribution in [2.45, 2.75) is 32.0 Å². The normalized spacial score (nSPS) is 14.4. The molecule has 0 saturated carbocycles. The van der Waals surface area contributed by atoms with E-state index in [0.717, 1.165) is 0 Å². The number of halogens is 3. The highest BCUT2D eigenvalue weighted by molar-refractivity contribution is 4.70. The standard InChI is InChI=1S/C10H21F3N2O/c1-3-5-15(8-10(11,12)13)7-9(14)4-6-16-2/h9H,3-8,14H2,1-2H3.